The summed E-state index contributed by atoms with van der Waals surface area (Å²) in [5.74, 6) is 0. The molecule has 0 aromatic heterocycles. The van der Waals surface area contributed by atoms with Crippen LogP contribution >= 0.6 is 0 Å². The van der Waals surface area contributed by atoms with Crippen LogP contribution in [0.25, 0.3) is 0 Å². The van der Waals surface area contributed by atoms with E-state index < -0.39 is 0 Å². The third-order valence-corrected chi connectivity index (χ3v) is 2.86. The molecule has 1 aliphatic heterocycles. The maximum atomic E-state index is 5.69. The van der Waals surface area contributed by atoms with Gasteiger partial charge in [-0.2, -0.15) is 0 Å². The van der Waals surface area contributed by atoms with Crippen molar-refractivity contribution in [3.05, 3.63) is 0 Å². The molecule has 0 amide bonds. The van der Waals surface area contributed by atoms with Gasteiger partial charge in [0.1, 0.15) is 0 Å². The summed E-state index contributed by atoms with van der Waals surface area (Å²) in [6.45, 7) is 4.08. The minimum absolute atomic E-state index is 0.108. The molecule has 0 aromatic rings. The largest absolute Gasteiger partial charge is 0.353 e. The average Bonchev–Trinajstić information content (AvgIpc) is 2.84. The normalized spacial score (nSPS) is 33.2. The standard InChI is InChI=1S/C10H18O2/c1-10(5-6-10)8-12-9-4-2-3-7-11-9/h9H,2-8H2,1H3. The predicted molar refractivity (Wildman–Crippen MR) is 46.9 cm³/mol. The van der Waals surface area contributed by atoms with Crippen LogP contribution in [-0.4, -0.2) is 19.5 Å². The zero-order valence-electron chi connectivity index (χ0n) is 7.84. The molecule has 2 nitrogen and oxygen atoms in total. The summed E-state index contributed by atoms with van der Waals surface area (Å²) in [7, 11) is 0. The highest BCUT2D eigenvalue weighted by Gasteiger charge is 2.38. The molecule has 0 spiro atoms. The Morgan fingerprint density at radius 2 is 2.25 bits per heavy atom. The van der Waals surface area contributed by atoms with Gasteiger partial charge in [0.2, 0.25) is 0 Å². The van der Waals surface area contributed by atoms with E-state index in [1.54, 1.807) is 0 Å². The van der Waals surface area contributed by atoms with Crippen LogP contribution in [0.3, 0.4) is 0 Å². The van der Waals surface area contributed by atoms with Crippen LogP contribution in [0.2, 0.25) is 0 Å². The molecule has 70 valence electrons. The summed E-state index contributed by atoms with van der Waals surface area (Å²) in [6.07, 6.45) is 6.34. The van der Waals surface area contributed by atoms with Crippen LogP contribution in [-0.2, 0) is 9.47 Å². The number of hydrogen-bond donors (Lipinski definition) is 0. The zero-order valence-corrected chi connectivity index (χ0v) is 7.84. The lowest BCUT2D eigenvalue weighted by Gasteiger charge is -2.24. The predicted octanol–water partition coefficient (Wildman–Crippen LogP) is 2.33. The lowest BCUT2D eigenvalue weighted by atomic mass is 10.1. The molecular weight excluding hydrogens is 152 g/mol. The van der Waals surface area contributed by atoms with Gasteiger partial charge in [0.05, 0.1) is 6.61 Å². The Balaban J connectivity index is 1.65. The van der Waals surface area contributed by atoms with Crippen molar-refractivity contribution in [2.75, 3.05) is 13.2 Å². The monoisotopic (exact) mass is 170 g/mol. The van der Waals surface area contributed by atoms with E-state index in [1.165, 1.54) is 25.7 Å². The molecule has 1 heterocycles. The van der Waals surface area contributed by atoms with Gasteiger partial charge >= 0.3 is 0 Å². The Morgan fingerprint density at radius 1 is 1.42 bits per heavy atom. The Kier molecular flexibility index (Phi) is 2.37. The second kappa shape index (κ2) is 3.35. The summed E-state index contributed by atoms with van der Waals surface area (Å²) in [6, 6.07) is 0. The molecule has 0 aromatic carbocycles. The molecule has 0 N–H and O–H groups in total. The van der Waals surface area contributed by atoms with E-state index in [0.29, 0.717) is 5.41 Å². The van der Waals surface area contributed by atoms with Gasteiger partial charge in [-0.3, -0.25) is 0 Å². The van der Waals surface area contributed by atoms with Crippen LogP contribution in [0, 0.1) is 5.41 Å². The van der Waals surface area contributed by atoms with Gasteiger partial charge in [0.25, 0.3) is 0 Å². The van der Waals surface area contributed by atoms with Crippen molar-refractivity contribution in [1.29, 1.82) is 0 Å². The van der Waals surface area contributed by atoms with Crippen LogP contribution in [0.1, 0.15) is 39.0 Å². The van der Waals surface area contributed by atoms with Crippen LogP contribution in [0.4, 0.5) is 0 Å². The molecule has 0 bridgehead atoms. The van der Waals surface area contributed by atoms with E-state index in [-0.39, 0.29) is 6.29 Å². The highest BCUT2D eigenvalue weighted by atomic mass is 16.7. The van der Waals surface area contributed by atoms with Crippen molar-refractivity contribution in [2.24, 2.45) is 5.41 Å². The summed E-state index contributed by atoms with van der Waals surface area (Å²) in [4.78, 5) is 0. The lowest BCUT2D eigenvalue weighted by molar-refractivity contribution is -0.170. The van der Waals surface area contributed by atoms with Gasteiger partial charge in [-0.25, -0.2) is 0 Å². The first-order valence-electron chi connectivity index (χ1n) is 5.02. The smallest absolute Gasteiger partial charge is 0.157 e. The summed E-state index contributed by atoms with van der Waals surface area (Å²) in [5, 5.41) is 0. The minimum Gasteiger partial charge on any atom is -0.353 e. The fraction of sp³-hybridized carbons (Fsp3) is 1.00. The maximum Gasteiger partial charge on any atom is 0.157 e. The molecule has 1 atom stereocenters. The summed E-state index contributed by atoms with van der Waals surface area (Å²) in [5.41, 5.74) is 0.501. The van der Waals surface area contributed by atoms with Crippen LogP contribution < -0.4 is 0 Å². The first-order chi connectivity index (χ1) is 5.79. The molecular formula is C10H18O2. The van der Waals surface area contributed by atoms with Crippen LogP contribution in [0.15, 0.2) is 0 Å². The van der Waals surface area contributed by atoms with Gasteiger partial charge in [-0.05, 0) is 37.5 Å². The minimum atomic E-state index is 0.108. The molecule has 1 aliphatic carbocycles. The summed E-state index contributed by atoms with van der Waals surface area (Å²) < 4.78 is 11.2. The third kappa shape index (κ3) is 2.20. The molecule has 1 unspecified atom stereocenters. The maximum absolute atomic E-state index is 5.69. The topological polar surface area (TPSA) is 18.5 Å². The Bertz CT molecular complexity index is 146. The van der Waals surface area contributed by atoms with Gasteiger partial charge < -0.3 is 9.47 Å². The van der Waals surface area contributed by atoms with Crippen molar-refractivity contribution in [2.45, 2.75) is 45.3 Å². The highest BCUT2D eigenvalue weighted by molar-refractivity contribution is 4.88. The first-order valence-corrected chi connectivity index (χ1v) is 5.02. The SMILES string of the molecule is CC1(COC2CCCCO2)CC1. The first kappa shape index (κ1) is 8.52. The second-order valence-electron chi connectivity index (χ2n) is 4.42. The van der Waals surface area contributed by atoms with Gasteiger partial charge in [-0.1, -0.05) is 6.92 Å². The van der Waals surface area contributed by atoms with E-state index >= 15 is 0 Å². The fourth-order valence-corrected chi connectivity index (χ4v) is 1.49. The molecule has 12 heavy (non-hydrogen) atoms. The number of hydrogen-bond acceptors (Lipinski definition) is 2. The molecule has 1 saturated carbocycles. The van der Waals surface area contributed by atoms with Crippen molar-refractivity contribution in [1.82, 2.24) is 0 Å². The van der Waals surface area contributed by atoms with Gasteiger partial charge in [0, 0.05) is 6.61 Å². The van der Waals surface area contributed by atoms with E-state index in [9.17, 15) is 0 Å². The van der Waals surface area contributed by atoms with Gasteiger partial charge in [-0.15, -0.1) is 0 Å². The van der Waals surface area contributed by atoms with E-state index in [0.717, 1.165) is 19.6 Å². The quantitative estimate of drug-likeness (QED) is 0.647. The Morgan fingerprint density at radius 3 is 2.83 bits per heavy atom. The Hall–Kier alpha value is -0.0800. The molecule has 2 rings (SSSR count). The third-order valence-electron chi connectivity index (χ3n) is 2.86. The fourth-order valence-electron chi connectivity index (χ4n) is 1.49. The summed E-state index contributed by atoms with van der Waals surface area (Å²) >= 11 is 0. The van der Waals surface area contributed by atoms with Crippen molar-refractivity contribution >= 4 is 0 Å². The molecule has 2 fully saturated rings. The van der Waals surface area contributed by atoms with E-state index in [2.05, 4.69) is 6.92 Å². The van der Waals surface area contributed by atoms with Crippen molar-refractivity contribution < 1.29 is 9.47 Å². The molecule has 0 radical (unpaired) electrons. The lowest BCUT2D eigenvalue weighted by Crippen LogP contribution is -2.24. The number of ether oxygens (including phenoxy) is 2. The average molecular weight is 170 g/mol. The van der Waals surface area contributed by atoms with Gasteiger partial charge in [0.15, 0.2) is 6.29 Å². The highest BCUT2D eigenvalue weighted by Crippen LogP contribution is 2.45. The van der Waals surface area contributed by atoms with E-state index in [4.69, 9.17) is 9.47 Å². The second-order valence-corrected chi connectivity index (χ2v) is 4.42. The molecule has 2 aliphatic rings. The number of rotatable bonds is 3. The van der Waals surface area contributed by atoms with Crippen molar-refractivity contribution in [3.63, 3.8) is 0 Å². The zero-order chi connectivity index (χ0) is 8.44. The van der Waals surface area contributed by atoms with Crippen molar-refractivity contribution in [3.8, 4) is 0 Å². The molecule has 2 heteroatoms. The molecule has 1 saturated heterocycles. The van der Waals surface area contributed by atoms with E-state index in [1.807, 2.05) is 0 Å². The Labute approximate surface area is 74.2 Å². The van der Waals surface area contributed by atoms with Crippen LogP contribution in [0.5, 0.6) is 0 Å².